The highest BCUT2D eigenvalue weighted by Crippen LogP contribution is 2.28. The van der Waals surface area contributed by atoms with E-state index in [0.717, 1.165) is 68.7 Å². The molecule has 2 aromatic heterocycles. The second-order valence-corrected chi connectivity index (χ2v) is 9.54. The highest BCUT2D eigenvalue weighted by molar-refractivity contribution is 5.97. The highest BCUT2D eigenvalue weighted by atomic mass is 16.1. The maximum Gasteiger partial charge on any atom is 0.261 e. The third-order valence-corrected chi connectivity index (χ3v) is 7.26. The number of benzene rings is 2. The number of amides is 1. The average Bonchev–Trinajstić information content (AvgIpc) is 3.47. The van der Waals surface area contributed by atoms with Crippen LogP contribution in [-0.2, 0) is 32.4 Å². The Morgan fingerprint density at radius 3 is 2.69 bits per heavy atom. The van der Waals surface area contributed by atoms with E-state index in [1.807, 2.05) is 27.4 Å². The third kappa shape index (κ3) is 4.05. The Labute approximate surface area is 203 Å². The van der Waals surface area contributed by atoms with Crippen molar-refractivity contribution in [1.29, 1.82) is 0 Å². The Kier molecular flexibility index (Phi) is 5.68. The number of aryl methyl sites for hydroxylation is 1. The van der Waals surface area contributed by atoms with E-state index in [1.54, 1.807) is 18.2 Å². The van der Waals surface area contributed by atoms with Crippen LogP contribution in [0.4, 0.5) is 0 Å². The Bertz CT molecular complexity index is 1470. The van der Waals surface area contributed by atoms with Gasteiger partial charge in [0.05, 0.1) is 28.8 Å². The standard InChI is InChI=1S/C28H29N5O2/c34-27(29-18-24-21-11-8-12-25(21)33(31-24)20-9-4-3-5-10-20)19-14-15-22-23(17-19)30-26-13-6-1-2-7-16-32(26)28(22)35/h3-5,9-10,14-15,17H,1-2,6-8,11-13,16,18H2,(H,29,34). The van der Waals surface area contributed by atoms with Gasteiger partial charge in [-0.3, -0.25) is 14.2 Å². The Morgan fingerprint density at radius 1 is 0.943 bits per heavy atom. The molecule has 4 aromatic rings. The van der Waals surface area contributed by atoms with Gasteiger partial charge in [-0.1, -0.05) is 31.0 Å². The van der Waals surface area contributed by atoms with Crippen LogP contribution in [0.25, 0.3) is 16.6 Å². The lowest BCUT2D eigenvalue weighted by Crippen LogP contribution is -2.27. The number of aromatic nitrogens is 4. The number of fused-ring (bicyclic) bond motifs is 3. The molecule has 1 amide bonds. The number of carbonyl (C=O) groups is 1. The van der Waals surface area contributed by atoms with Crippen molar-refractivity contribution in [2.75, 3.05) is 0 Å². The molecule has 6 rings (SSSR count). The summed E-state index contributed by atoms with van der Waals surface area (Å²) in [4.78, 5) is 30.9. The van der Waals surface area contributed by atoms with Crippen molar-refractivity contribution in [3.63, 3.8) is 0 Å². The molecule has 1 aliphatic carbocycles. The summed E-state index contributed by atoms with van der Waals surface area (Å²) in [6, 6.07) is 15.4. The molecule has 35 heavy (non-hydrogen) atoms. The van der Waals surface area contributed by atoms with Crippen LogP contribution in [0, 0.1) is 0 Å². The molecule has 0 bridgehead atoms. The zero-order valence-electron chi connectivity index (χ0n) is 19.8. The SMILES string of the molecule is O=C(NCc1nn(-c2ccccc2)c2c1CCC2)c1ccc2c(=O)n3c(nc2c1)CCCCCC3. The van der Waals surface area contributed by atoms with Crippen LogP contribution in [0.2, 0.25) is 0 Å². The lowest BCUT2D eigenvalue weighted by molar-refractivity contribution is 0.0950. The molecule has 0 unspecified atom stereocenters. The van der Waals surface area contributed by atoms with E-state index in [-0.39, 0.29) is 11.5 Å². The zero-order valence-corrected chi connectivity index (χ0v) is 19.8. The molecule has 0 saturated carbocycles. The normalized spacial score (nSPS) is 15.3. The van der Waals surface area contributed by atoms with E-state index >= 15 is 0 Å². The summed E-state index contributed by atoms with van der Waals surface area (Å²) in [5.74, 6) is 0.656. The largest absolute Gasteiger partial charge is 0.346 e. The fourth-order valence-electron chi connectivity index (χ4n) is 5.44. The first-order valence-corrected chi connectivity index (χ1v) is 12.7. The van der Waals surface area contributed by atoms with Gasteiger partial charge in [0.25, 0.3) is 11.5 Å². The second kappa shape index (κ2) is 9.13. The first-order chi connectivity index (χ1) is 17.2. The van der Waals surface area contributed by atoms with Gasteiger partial charge in [0, 0.05) is 24.2 Å². The quantitative estimate of drug-likeness (QED) is 0.490. The predicted molar refractivity (Wildman–Crippen MR) is 135 cm³/mol. The van der Waals surface area contributed by atoms with Crippen molar-refractivity contribution >= 4 is 16.8 Å². The molecule has 3 heterocycles. The minimum Gasteiger partial charge on any atom is -0.346 e. The molecule has 1 N–H and O–H groups in total. The van der Waals surface area contributed by atoms with Gasteiger partial charge in [0.15, 0.2) is 0 Å². The number of para-hydroxylation sites is 1. The minimum absolute atomic E-state index is 0.000808. The number of rotatable bonds is 4. The van der Waals surface area contributed by atoms with Crippen LogP contribution in [0.3, 0.4) is 0 Å². The summed E-state index contributed by atoms with van der Waals surface area (Å²) in [5.41, 5.74) is 5.58. The second-order valence-electron chi connectivity index (χ2n) is 9.54. The summed E-state index contributed by atoms with van der Waals surface area (Å²) in [7, 11) is 0. The van der Waals surface area contributed by atoms with Gasteiger partial charge in [0.2, 0.25) is 0 Å². The predicted octanol–water partition coefficient (Wildman–Crippen LogP) is 4.12. The molecule has 0 atom stereocenters. The van der Waals surface area contributed by atoms with Crippen LogP contribution in [0.15, 0.2) is 53.3 Å². The number of nitrogens with zero attached hydrogens (tertiary/aromatic N) is 4. The molecule has 0 fully saturated rings. The number of carbonyl (C=O) groups excluding carboxylic acids is 1. The lowest BCUT2D eigenvalue weighted by Gasteiger charge is -2.16. The number of hydrogen-bond acceptors (Lipinski definition) is 4. The first-order valence-electron chi connectivity index (χ1n) is 12.7. The van der Waals surface area contributed by atoms with Gasteiger partial charge in [-0.2, -0.15) is 5.10 Å². The number of hydrogen-bond donors (Lipinski definition) is 1. The van der Waals surface area contributed by atoms with Gasteiger partial charge in [-0.15, -0.1) is 0 Å². The van der Waals surface area contributed by atoms with E-state index in [1.165, 1.54) is 17.7 Å². The summed E-state index contributed by atoms with van der Waals surface area (Å²) in [6.07, 6.45) is 8.26. The van der Waals surface area contributed by atoms with Crippen LogP contribution >= 0.6 is 0 Å². The summed E-state index contributed by atoms with van der Waals surface area (Å²) in [5, 5.41) is 8.46. The van der Waals surface area contributed by atoms with Gasteiger partial charge in [-0.25, -0.2) is 9.67 Å². The Balaban J connectivity index is 1.25. The smallest absolute Gasteiger partial charge is 0.261 e. The van der Waals surface area contributed by atoms with Crippen molar-refractivity contribution < 1.29 is 4.79 Å². The molecule has 178 valence electrons. The van der Waals surface area contributed by atoms with Gasteiger partial charge in [0.1, 0.15) is 5.82 Å². The third-order valence-electron chi connectivity index (χ3n) is 7.26. The van der Waals surface area contributed by atoms with Gasteiger partial charge < -0.3 is 5.32 Å². The van der Waals surface area contributed by atoms with Crippen molar-refractivity contribution in [1.82, 2.24) is 24.6 Å². The highest BCUT2D eigenvalue weighted by Gasteiger charge is 2.23. The fraction of sp³-hybridized carbons (Fsp3) is 0.357. The first kappa shape index (κ1) is 21.8. The molecular formula is C28H29N5O2. The van der Waals surface area contributed by atoms with Gasteiger partial charge in [-0.05, 0) is 68.0 Å². The summed E-state index contributed by atoms with van der Waals surface area (Å²) in [6.45, 7) is 1.10. The molecular weight excluding hydrogens is 438 g/mol. The van der Waals surface area contributed by atoms with Crippen LogP contribution < -0.4 is 10.9 Å². The van der Waals surface area contributed by atoms with E-state index in [0.29, 0.717) is 23.0 Å². The zero-order chi connectivity index (χ0) is 23.8. The monoisotopic (exact) mass is 467 g/mol. The van der Waals surface area contributed by atoms with E-state index in [4.69, 9.17) is 10.1 Å². The molecule has 7 heteroatoms. The van der Waals surface area contributed by atoms with Crippen molar-refractivity contribution in [2.24, 2.45) is 0 Å². The van der Waals surface area contributed by atoms with Gasteiger partial charge >= 0.3 is 0 Å². The van der Waals surface area contributed by atoms with Crippen molar-refractivity contribution in [2.45, 2.75) is 64.5 Å². The molecule has 0 spiro atoms. The summed E-state index contributed by atoms with van der Waals surface area (Å²) >= 11 is 0. The molecule has 0 saturated heterocycles. The lowest BCUT2D eigenvalue weighted by atomic mass is 10.1. The van der Waals surface area contributed by atoms with E-state index in [2.05, 4.69) is 17.4 Å². The molecule has 0 radical (unpaired) electrons. The molecule has 2 aliphatic rings. The summed E-state index contributed by atoms with van der Waals surface area (Å²) < 4.78 is 3.84. The van der Waals surface area contributed by atoms with Crippen LogP contribution in [0.1, 0.15) is 65.2 Å². The van der Waals surface area contributed by atoms with E-state index in [9.17, 15) is 9.59 Å². The minimum atomic E-state index is -0.179. The number of nitrogens with one attached hydrogen (secondary N) is 1. The van der Waals surface area contributed by atoms with E-state index < -0.39 is 0 Å². The van der Waals surface area contributed by atoms with Crippen molar-refractivity contribution in [3.8, 4) is 5.69 Å². The Morgan fingerprint density at radius 2 is 1.80 bits per heavy atom. The maximum absolute atomic E-state index is 13.1. The topological polar surface area (TPSA) is 81.8 Å². The molecule has 2 aromatic carbocycles. The average molecular weight is 468 g/mol. The Hall–Kier alpha value is -3.74. The maximum atomic E-state index is 13.1. The fourth-order valence-corrected chi connectivity index (χ4v) is 5.44. The van der Waals surface area contributed by atoms with Crippen LogP contribution in [-0.4, -0.2) is 25.2 Å². The van der Waals surface area contributed by atoms with Crippen LogP contribution in [0.5, 0.6) is 0 Å². The molecule has 7 nitrogen and oxygen atoms in total. The van der Waals surface area contributed by atoms with Crippen molar-refractivity contribution in [3.05, 3.63) is 87.2 Å². The molecule has 1 aliphatic heterocycles.